The Morgan fingerprint density at radius 2 is 0.829 bits per heavy atom. The molecule has 0 heteroatoms. The first-order valence-corrected chi connectivity index (χ1v) is 14.5. The second-order valence-electron chi connectivity index (χ2n) is 11.4. The van der Waals surface area contributed by atoms with Crippen LogP contribution in [-0.4, -0.2) is 0 Å². The zero-order valence-electron chi connectivity index (χ0n) is 23.4. The molecule has 6 aromatic carbocycles. The molecule has 0 fully saturated rings. The maximum absolute atomic E-state index is 2.37. The lowest BCUT2D eigenvalue weighted by Gasteiger charge is -2.18. The van der Waals surface area contributed by atoms with Gasteiger partial charge in [0.2, 0.25) is 0 Å². The molecule has 0 aliphatic heterocycles. The molecule has 8 rings (SSSR count). The van der Waals surface area contributed by atoms with Crippen LogP contribution in [0.25, 0.3) is 32.7 Å². The quantitative estimate of drug-likeness (QED) is 0.216. The van der Waals surface area contributed by atoms with E-state index < -0.39 is 0 Å². The highest BCUT2D eigenvalue weighted by molar-refractivity contribution is 6.03. The standard InChI is InChI=1S/C41H30/c1-26-23-30-15-7-17-32(40(30)38(26)36-21-9-13-28-11-3-5-19-34(28)36)25-33-18-8-16-31-24-27(2)39(41(31)33)37-22-10-14-29-12-4-6-20-35(29)37/h3-24H,25H2,1-2H3. The van der Waals surface area contributed by atoms with Crippen molar-refractivity contribution in [1.29, 1.82) is 0 Å². The van der Waals surface area contributed by atoms with Crippen molar-refractivity contribution >= 4 is 32.7 Å². The van der Waals surface area contributed by atoms with Crippen LogP contribution in [0, 0.1) is 12.8 Å². The molecule has 2 radical (unpaired) electrons. The Kier molecular flexibility index (Phi) is 5.57. The van der Waals surface area contributed by atoms with Crippen molar-refractivity contribution in [3.05, 3.63) is 190 Å². The molecule has 0 aromatic heterocycles. The summed E-state index contributed by atoms with van der Waals surface area (Å²) in [6.07, 6.45) is 5.62. The minimum atomic E-state index is 0.886. The van der Waals surface area contributed by atoms with E-state index in [9.17, 15) is 0 Å². The summed E-state index contributed by atoms with van der Waals surface area (Å²) in [7, 11) is 0. The van der Waals surface area contributed by atoms with Gasteiger partial charge in [-0.25, -0.2) is 0 Å². The minimum absolute atomic E-state index is 0.886. The molecule has 0 atom stereocenters. The molecule has 41 heavy (non-hydrogen) atoms. The lowest BCUT2D eigenvalue weighted by molar-refractivity contribution is 1.16. The highest BCUT2D eigenvalue weighted by Crippen LogP contribution is 2.46. The highest BCUT2D eigenvalue weighted by Gasteiger charge is 2.28. The normalized spacial score (nSPS) is 14.3. The monoisotopic (exact) mass is 522 g/mol. The van der Waals surface area contributed by atoms with Gasteiger partial charge in [0, 0.05) is 12.8 Å². The van der Waals surface area contributed by atoms with Gasteiger partial charge in [-0.15, -0.1) is 0 Å². The predicted octanol–water partition coefficient (Wildman–Crippen LogP) is 10.4. The SMILES string of the molecule is CC1=C(c2cccc3ccccc23)c2c(cccc2Cc2cccc3c2C(c2cccc4ccccc24)=C(C)[CH]3)[CH]1. The van der Waals surface area contributed by atoms with Crippen molar-refractivity contribution in [2.75, 3.05) is 0 Å². The number of allylic oxidation sites excluding steroid dienone is 2. The maximum atomic E-state index is 2.37. The van der Waals surface area contributed by atoms with Crippen LogP contribution in [0.3, 0.4) is 0 Å². The van der Waals surface area contributed by atoms with E-state index in [1.807, 2.05) is 0 Å². The maximum Gasteiger partial charge on any atom is 0.0168 e. The summed E-state index contributed by atoms with van der Waals surface area (Å²) >= 11 is 0. The summed E-state index contributed by atoms with van der Waals surface area (Å²) in [5.41, 5.74) is 16.2. The molecular weight excluding hydrogens is 492 g/mol. The fraction of sp³-hybridized carbons (Fsp3) is 0.0732. The topological polar surface area (TPSA) is 0 Å². The predicted molar refractivity (Wildman–Crippen MR) is 174 cm³/mol. The molecule has 0 saturated carbocycles. The minimum Gasteiger partial charge on any atom is -0.0616 e. The zero-order chi connectivity index (χ0) is 27.5. The van der Waals surface area contributed by atoms with Crippen molar-refractivity contribution in [1.82, 2.24) is 0 Å². The average Bonchev–Trinajstić information content (AvgIpc) is 3.53. The Hall–Kier alpha value is -4.68. The van der Waals surface area contributed by atoms with Gasteiger partial charge in [-0.05, 0) is 97.5 Å². The summed E-state index contributed by atoms with van der Waals surface area (Å²) in [4.78, 5) is 0. The van der Waals surface area contributed by atoms with Gasteiger partial charge in [0.1, 0.15) is 0 Å². The molecule has 0 spiro atoms. The molecule has 6 aromatic rings. The number of rotatable bonds is 4. The van der Waals surface area contributed by atoms with Gasteiger partial charge in [-0.2, -0.15) is 0 Å². The molecule has 194 valence electrons. The summed E-state index contributed by atoms with van der Waals surface area (Å²) in [6.45, 7) is 4.53. The van der Waals surface area contributed by atoms with Gasteiger partial charge < -0.3 is 0 Å². The van der Waals surface area contributed by atoms with Gasteiger partial charge in [-0.3, -0.25) is 0 Å². The Bertz CT molecular complexity index is 1920. The Morgan fingerprint density at radius 1 is 0.415 bits per heavy atom. The molecule has 0 saturated heterocycles. The van der Waals surface area contributed by atoms with Crippen LogP contribution in [0.1, 0.15) is 58.4 Å². The summed E-state index contributed by atoms with van der Waals surface area (Å²) in [6, 6.07) is 44.6. The van der Waals surface area contributed by atoms with Gasteiger partial charge >= 0.3 is 0 Å². The van der Waals surface area contributed by atoms with Gasteiger partial charge in [-0.1, -0.05) is 132 Å². The lowest BCUT2D eigenvalue weighted by atomic mass is 9.85. The average molecular weight is 523 g/mol. The van der Waals surface area contributed by atoms with E-state index in [0.29, 0.717) is 0 Å². The fourth-order valence-corrected chi connectivity index (χ4v) is 7.18. The smallest absolute Gasteiger partial charge is 0.0168 e. The first-order valence-electron chi connectivity index (χ1n) is 14.5. The zero-order valence-corrected chi connectivity index (χ0v) is 23.4. The largest absolute Gasteiger partial charge is 0.0616 e. The molecule has 0 N–H and O–H groups in total. The van der Waals surface area contributed by atoms with Gasteiger partial charge in [0.25, 0.3) is 0 Å². The Balaban J connectivity index is 1.28. The highest BCUT2D eigenvalue weighted by atomic mass is 14.3. The van der Waals surface area contributed by atoms with Crippen LogP contribution in [0.4, 0.5) is 0 Å². The van der Waals surface area contributed by atoms with E-state index >= 15 is 0 Å². The molecule has 0 unspecified atom stereocenters. The molecule has 2 aliphatic carbocycles. The van der Waals surface area contributed by atoms with Crippen LogP contribution in [-0.2, 0) is 6.42 Å². The number of benzene rings is 6. The second kappa shape index (κ2) is 9.46. The molecule has 0 heterocycles. The lowest BCUT2D eigenvalue weighted by Crippen LogP contribution is -2.02. The third kappa shape index (κ3) is 3.82. The number of hydrogen-bond donors (Lipinski definition) is 0. The number of fused-ring (bicyclic) bond motifs is 4. The van der Waals surface area contributed by atoms with Crippen molar-refractivity contribution < 1.29 is 0 Å². The van der Waals surface area contributed by atoms with Crippen molar-refractivity contribution in [3.8, 4) is 0 Å². The van der Waals surface area contributed by atoms with Crippen LogP contribution >= 0.6 is 0 Å². The van der Waals surface area contributed by atoms with Crippen LogP contribution in [0.2, 0.25) is 0 Å². The first-order chi connectivity index (χ1) is 20.2. The van der Waals surface area contributed by atoms with E-state index in [4.69, 9.17) is 0 Å². The summed E-state index contributed by atoms with van der Waals surface area (Å²) < 4.78 is 0. The molecule has 0 bridgehead atoms. The molecule has 0 nitrogen and oxygen atoms in total. The van der Waals surface area contributed by atoms with Gasteiger partial charge in [0.15, 0.2) is 0 Å². The van der Waals surface area contributed by atoms with Crippen molar-refractivity contribution in [3.63, 3.8) is 0 Å². The Morgan fingerprint density at radius 3 is 1.32 bits per heavy atom. The summed E-state index contributed by atoms with van der Waals surface area (Å²) in [5.74, 6) is 0. The third-order valence-electron chi connectivity index (χ3n) is 8.90. The van der Waals surface area contributed by atoms with E-state index in [1.54, 1.807) is 0 Å². The second-order valence-corrected chi connectivity index (χ2v) is 11.4. The van der Waals surface area contributed by atoms with Crippen LogP contribution < -0.4 is 0 Å². The van der Waals surface area contributed by atoms with E-state index in [2.05, 4.69) is 148 Å². The molecule has 0 amide bonds. The van der Waals surface area contributed by atoms with Gasteiger partial charge in [0.05, 0.1) is 0 Å². The first kappa shape index (κ1) is 24.1. The molecular formula is C41H30. The van der Waals surface area contributed by atoms with E-state index in [0.717, 1.165) is 6.42 Å². The van der Waals surface area contributed by atoms with E-state index in [-0.39, 0.29) is 0 Å². The summed E-state index contributed by atoms with van der Waals surface area (Å²) in [5, 5.41) is 5.20. The molecule has 2 aliphatic rings. The van der Waals surface area contributed by atoms with Crippen LogP contribution in [0.15, 0.2) is 132 Å². The third-order valence-corrected chi connectivity index (χ3v) is 8.90. The van der Waals surface area contributed by atoms with Crippen molar-refractivity contribution in [2.24, 2.45) is 0 Å². The van der Waals surface area contributed by atoms with E-state index in [1.165, 1.54) is 88.3 Å². The number of hydrogen-bond acceptors (Lipinski definition) is 0. The van der Waals surface area contributed by atoms with Crippen LogP contribution in [0.5, 0.6) is 0 Å². The Labute approximate surface area is 242 Å². The van der Waals surface area contributed by atoms with Crippen molar-refractivity contribution in [2.45, 2.75) is 20.3 Å². The fourth-order valence-electron chi connectivity index (χ4n) is 7.18.